The monoisotopic (exact) mass is 335 g/mol. The third-order valence-electron chi connectivity index (χ3n) is 3.69. The second-order valence-corrected chi connectivity index (χ2v) is 5.81. The van der Waals surface area contributed by atoms with Gasteiger partial charge in [0.15, 0.2) is 5.65 Å². The van der Waals surface area contributed by atoms with Gasteiger partial charge in [-0.3, -0.25) is 0 Å². The third-order valence-corrected chi connectivity index (χ3v) is 3.92. The van der Waals surface area contributed by atoms with E-state index in [0.29, 0.717) is 17.5 Å². The summed E-state index contributed by atoms with van der Waals surface area (Å²) in [6.07, 6.45) is 1.79. The molecule has 2 aromatic carbocycles. The molecular formula is C19H14ClN3O. The number of hydrogen-bond donors (Lipinski definition) is 0. The number of benzene rings is 2. The number of halogens is 1. The Kier molecular flexibility index (Phi) is 3.89. The van der Waals surface area contributed by atoms with E-state index in [0.717, 1.165) is 22.5 Å². The molecule has 4 rings (SSSR count). The number of nitrogens with zero attached hydrogens (tertiary/aromatic N) is 3. The molecule has 0 atom stereocenters. The molecule has 0 radical (unpaired) electrons. The van der Waals surface area contributed by atoms with Crippen LogP contribution in [-0.2, 0) is 6.61 Å². The average Bonchev–Trinajstić information content (AvgIpc) is 3.04. The molecule has 0 saturated heterocycles. The molecule has 0 fully saturated rings. The summed E-state index contributed by atoms with van der Waals surface area (Å²) in [6.45, 7) is 0.473. The molecule has 0 N–H and O–H groups in total. The standard InChI is InChI=1S/C19H14ClN3O/c20-16-8-4-7-15(11-16)17-12-21-18-9-10-19(22-23(17)18)24-13-14-5-2-1-3-6-14/h1-12H,13H2. The van der Waals surface area contributed by atoms with Gasteiger partial charge in [0, 0.05) is 16.7 Å². The SMILES string of the molecule is Clc1cccc(-c2cnc3ccc(OCc4ccccc4)nn23)c1. The maximum atomic E-state index is 6.09. The van der Waals surface area contributed by atoms with Crippen molar-refractivity contribution < 1.29 is 4.74 Å². The highest BCUT2D eigenvalue weighted by Gasteiger charge is 2.09. The van der Waals surface area contributed by atoms with Crippen molar-refractivity contribution in [2.45, 2.75) is 6.61 Å². The Hall–Kier alpha value is -2.85. The molecule has 2 aromatic heterocycles. The summed E-state index contributed by atoms with van der Waals surface area (Å²) in [6, 6.07) is 21.3. The summed E-state index contributed by atoms with van der Waals surface area (Å²) in [5, 5.41) is 5.22. The van der Waals surface area contributed by atoms with Crippen molar-refractivity contribution >= 4 is 17.2 Å². The first-order chi connectivity index (χ1) is 11.8. The van der Waals surface area contributed by atoms with Crippen molar-refractivity contribution in [3.63, 3.8) is 0 Å². The lowest BCUT2D eigenvalue weighted by atomic mass is 10.2. The van der Waals surface area contributed by atoms with Gasteiger partial charge >= 0.3 is 0 Å². The first-order valence-corrected chi connectivity index (χ1v) is 7.95. The molecule has 0 aliphatic heterocycles. The highest BCUT2D eigenvalue weighted by atomic mass is 35.5. The summed E-state index contributed by atoms with van der Waals surface area (Å²) in [4.78, 5) is 4.39. The Labute approximate surface area is 144 Å². The van der Waals surface area contributed by atoms with Crippen molar-refractivity contribution in [2.24, 2.45) is 0 Å². The van der Waals surface area contributed by atoms with Gasteiger partial charge in [0.2, 0.25) is 5.88 Å². The van der Waals surface area contributed by atoms with Crippen LogP contribution in [0.3, 0.4) is 0 Å². The van der Waals surface area contributed by atoms with Crippen LogP contribution in [0.15, 0.2) is 72.9 Å². The first-order valence-electron chi connectivity index (χ1n) is 7.57. The van der Waals surface area contributed by atoms with Crippen LogP contribution in [0.25, 0.3) is 16.9 Å². The number of ether oxygens (including phenoxy) is 1. The zero-order valence-corrected chi connectivity index (χ0v) is 13.5. The summed E-state index contributed by atoms with van der Waals surface area (Å²) in [5.41, 5.74) is 3.69. The van der Waals surface area contributed by atoms with Crippen LogP contribution in [0.2, 0.25) is 5.02 Å². The molecule has 0 bridgehead atoms. The van der Waals surface area contributed by atoms with Gasteiger partial charge in [-0.25, -0.2) is 9.50 Å². The summed E-state index contributed by atoms with van der Waals surface area (Å²) in [7, 11) is 0. The second-order valence-electron chi connectivity index (χ2n) is 5.37. The van der Waals surface area contributed by atoms with E-state index in [-0.39, 0.29) is 0 Å². The highest BCUT2D eigenvalue weighted by molar-refractivity contribution is 6.30. The summed E-state index contributed by atoms with van der Waals surface area (Å²) >= 11 is 6.09. The number of hydrogen-bond acceptors (Lipinski definition) is 3. The molecule has 118 valence electrons. The van der Waals surface area contributed by atoms with Crippen molar-refractivity contribution in [3.05, 3.63) is 83.5 Å². The highest BCUT2D eigenvalue weighted by Crippen LogP contribution is 2.24. The maximum Gasteiger partial charge on any atom is 0.232 e. The van der Waals surface area contributed by atoms with Gasteiger partial charge in [-0.1, -0.05) is 54.1 Å². The lowest BCUT2D eigenvalue weighted by Gasteiger charge is -2.07. The van der Waals surface area contributed by atoms with E-state index in [9.17, 15) is 0 Å². The van der Waals surface area contributed by atoms with E-state index in [1.807, 2.05) is 66.7 Å². The van der Waals surface area contributed by atoms with E-state index in [1.165, 1.54) is 0 Å². The van der Waals surface area contributed by atoms with Crippen LogP contribution in [0.5, 0.6) is 5.88 Å². The molecule has 0 aliphatic rings. The van der Waals surface area contributed by atoms with Crippen LogP contribution in [0.1, 0.15) is 5.56 Å². The maximum absolute atomic E-state index is 6.09. The molecule has 2 heterocycles. The Balaban J connectivity index is 1.66. The van der Waals surface area contributed by atoms with Gasteiger partial charge in [-0.05, 0) is 23.8 Å². The van der Waals surface area contributed by atoms with Crippen molar-refractivity contribution in [1.82, 2.24) is 14.6 Å². The van der Waals surface area contributed by atoms with Gasteiger partial charge in [0.25, 0.3) is 0 Å². The van der Waals surface area contributed by atoms with Crippen molar-refractivity contribution in [3.8, 4) is 17.1 Å². The number of imidazole rings is 1. The van der Waals surface area contributed by atoms with Gasteiger partial charge in [-0.2, -0.15) is 0 Å². The Morgan fingerprint density at radius 2 is 1.83 bits per heavy atom. The fourth-order valence-corrected chi connectivity index (χ4v) is 2.70. The normalized spacial score (nSPS) is 10.9. The van der Waals surface area contributed by atoms with Gasteiger partial charge < -0.3 is 4.74 Å². The average molecular weight is 336 g/mol. The molecule has 4 aromatic rings. The minimum Gasteiger partial charge on any atom is -0.472 e. The largest absolute Gasteiger partial charge is 0.472 e. The predicted molar refractivity (Wildman–Crippen MR) is 94.2 cm³/mol. The van der Waals surface area contributed by atoms with Crippen LogP contribution in [-0.4, -0.2) is 14.6 Å². The molecular weight excluding hydrogens is 322 g/mol. The minimum atomic E-state index is 0.473. The molecule has 24 heavy (non-hydrogen) atoms. The Morgan fingerprint density at radius 3 is 2.67 bits per heavy atom. The molecule has 0 saturated carbocycles. The van der Waals surface area contributed by atoms with Crippen LogP contribution in [0, 0.1) is 0 Å². The van der Waals surface area contributed by atoms with E-state index >= 15 is 0 Å². The quantitative estimate of drug-likeness (QED) is 0.546. The van der Waals surface area contributed by atoms with Crippen molar-refractivity contribution in [1.29, 1.82) is 0 Å². The fourth-order valence-electron chi connectivity index (χ4n) is 2.51. The molecule has 0 aliphatic carbocycles. The van der Waals surface area contributed by atoms with E-state index in [2.05, 4.69) is 10.1 Å². The molecule has 0 spiro atoms. The predicted octanol–water partition coefficient (Wildman–Crippen LogP) is 4.63. The zero-order valence-electron chi connectivity index (χ0n) is 12.8. The molecule has 0 unspecified atom stereocenters. The zero-order chi connectivity index (χ0) is 16.4. The first kappa shape index (κ1) is 14.7. The van der Waals surface area contributed by atoms with Gasteiger partial charge in [-0.15, -0.1) is 5.10 Å². The van der Waals surface area contributed by atoms with Crippen LogP contribution >= 0.6 is 11.6 Å². The minimum absolute atomic E-state index is 0.473. The molecule has 5 heteroatoms. The summed E-state index contributed by atoms with van der Waals surface area (Å²) < 4.78 is 7.57. The number of fused-ring (bicyclic) bond motifs is 1. The van der Waals surface area contributed by atoms with E-state index in [4.69, 9.17) is 16.3 Å². The smallest absolute Gasteiger partial charge is 0.232 e. The number of aromatic nitrogens is 3. The van der Waals surface area contributed by atoms with E-state index in [1.54, 1.807) is 10.7 Å². The lowest BCUT2D eigenvalue weighted by molar-refractivity contribution is 0.289. The summed E-state index contributed by atoms with van der Waals surface area (Å²) in [5.74, 6) is 0.549. The van der Waals surface area contributed by atoms with Gasteiger partial charge in [0.05, 0.1) is 11.9 Å². The Bertz CT molecular complexity index is 982. The molecule has 0 amide bonds. The van der Waals surface area contributed by atoms with Crippen LogP contribution < -0.4 is 4.74 Å². The third kappa shape index (κ3) is 2.96. The second kappa shape index (κ2) is 6.34. The fraction of sp³-hybridized carbons (Fsp3) is 0.0526. The Morgan fingerprint density at radius 1 is 0.958 bits per heavy atom. The van der Waals surface area contributed by atoms with Crippen LogP contribution in [0.4, 0.5) is 0 Å². The topological polar surface area (TPSA) is 39.4 Å². The lowest BCUT2D eigenvalue weighted by Crippen LogP contribution is -2.01. The molecule has 4 nitrogen and oxygen atoms in total. The van der Waals surface area contributed by atoms with Crippen molar-refractivity contribution in [2.75, 3.05) is 0 Å². The number of rotatable bonds is 4. The van der Waals surface area contributed by atoms with E-state index < -0.39 is 0 Å². The van der Waals surface area contributed by atoms with Gasteiger partial charge in [0.1, 0.15) is 6.61 Å².